The van der Waals surface area contributed by atoms with E-state index < -0.39 is 0 Å². The van der Waals surface area contributed by atoms with Crippen molar-refractivity contribution in [3.63, 3.8) is 0 Å². The maximum atomic E-state index is 5.52. The number of nitrogens with two attached hydrogens (primary N) is 1. The number of rotatable bonds is 4. The Kier molecular flexibility index (Phi) is 3.30. The maximum absolute atomic E-state index is 5.52. The van der Waals surface area contributed by atoms with Crippen LogP contribution in [0.3, 0.4) is 0 Å². The smallest absolute Gasteiger partial charge is 0.277 e. The first-order valence-electron chi connectivity index (χ1n) is 5.71. The minimum absolute atomic E-state index is 0.418. The number of nitrogens with zero attached hydrogens (tertiary/aromatic N) is 4. The summed E-state index contributed by atoms with van der Waals surface area (Å²) in [4.78, 5) is 12.7. The molecule has 0 saturated carbocycles. The molecule has 0 aliphatic rings. The molecule has 96 valence electrons. The second-order valence-electron chi connectivity index (χ2n) is 3.88. The first-order chi connectivity index (χ1) is 9.35. The molecule has 0 saturated heterocycles. The maximum Gasteiger partial charge on any atom is 0.277 e. The highest BCUT2D eigenvalue weighted by molar-refractivity contribution is 7.09. The van der Waals surface area contributed by atoms with Crippen LogP contribution >= 0.6 is 11.3 Å². The molecule has 0 aromatic carbocycles. The molecule has 0 radical (unpaired) electrons. The van der Waals surface area contributed by atoms with Gasteiger partial charge in [-0.3, -0.25) is 4.98 Å². The van der Waals surface area contributed by atoms with E-state index in [1.807, 2.05) is 17.5 Å². The quantitative estimate of drug-likeness (QED) is 0.777. The lowest BCUT2D eigenvalue weighted by molar-refractivity contribution is 0.423. The van der Waals surface area contributed by atoms with Crippen LogP contribution in [0, 0.1) is 0 Å². The van der Waals surface area contributed by atoms with Gasteiger partial charge in [0, 0.05) is 30.7 Å². The predicted molar refractivity (Wildman–Crippen MR) is 70.3 cm³/mol. The highest BCUT2D eigenvalue weighted by Gasteiger charge is 2.12. The molecule has 2 N–H and O–H groups in total. The van der Waals surface area contributed by atoms with Crippen molar-refractivity contribution in [2.45, 2.75) is 13.0 Å². The van der Waals surface area contributed by atoms with E-state index in [0.717, 1.165) is 10.6 Å². The Morgan fingerprint density at radius 3 is 3.00 bits per heavy atom. The van der Waals surface area contributed by atoms with E-state index in [1.54, 1.807) is 12.4 Å². The molecule has 3 heterocycles. The van der Waals surface area contributed by atoms with Crippen LogP contribution in [-0.4, -0.2) is 20.1 Å². The molecule has 0 atom stereocenters. The largest absolute Gasteiger partial charge is 0.332 e. The van der Waals surface area contributed by atoms with Crippen LogP contribution < -0.4 is 5.73 Å². The Hall–Kier alpha value is -2.12. The van der Waals surface area contributed by atoms with Crippen molar-refractivity contribution in [3.8, 4) is 11.6 Å². The molecule has 0 aliphatic carbocycles. The van der Waals surface area contributed by atoms with Crippen molar-refractivity contribution in [2.75, 3.05) is 0 Å². The summed E-state index contributed by atoms with van der Waals surface area (Å²) in [5.74, 6) is 1.04. The van der Waals surface area contributed by atoms with Gasteiger partial charge >= 0.3 is 0 Å². The highest BCUT2D eigenvalue weighted by atomic mass is 32.1. The average Bonchev–Trinajstić information content (AvgIpc) is 3.08. The van der Waals surface area contributed by atoms with E-state index >= 15 is 0 Å². The summed E-state index contributed by atoms with van der Waals surface area (Å²) < 4.78 is 5.20. The first-order valence-corrected chi connectivity index (χ1v) is 6.59. The van der Waals surface area contributed by atoms with Gasteiger partial charge in [-0.05, 0) is 11.6 Å². The zero-order valence-electron chi connectivity index (χ0n) is 9.98. The van der Waals surface area contributed by atoms with E-state index in [1.165, 1.54) is 11.3 Å². The van der Waals surface area contributed by atoms with Crippen molar-refractivity contribution in [1.82, 2.24) is 20.1 Å². The number of aromatic nitrogens is 4. The summed E-state index contributed by atoms with van der Waals surface area (Å²) in [5.41, 5.74) is 7.24. The molecule has 0 fully saturated rings. The lowest BCUT2D eigenvalue weighted by Gasteiger charge is -1.93. The Balaban J connectivity index is 1.79. The van der Waals surface area contributed by atoms with Crippen LogP contribution in [-0.2, 0) is 13.0 Å². The zero-order valence-corrected chi connectivity index (χ0v) is 10.8. The van der Waals surface area contributed by atoms with Gasteiger partial charge in [0.1, 0.15) is 10.7 Å². The second kappa shape index (κ2) is 5.25. The normalized spacial score (nSPS) is 10.8. The first kappa shape index (κ1) is 11.9. The van der Waals surface area contributed by atoms with Gasteiger partial charge in [0.25, 0.3) is 5.89 Å². The van der Waals surface area contributed by atoms with Gasteiger partial charge in [0.05, 0.1) is 0 Å². The molecule has 0 spiro atoms. The molecule has 0 amide bonds. The highest BCUT2D eigenvalue weighted by Crippen LogP contribution is 2.20. The van der Waals surface area contributed by atoms with Gasteiger partial charge in [0.2, 0.25) is 0 Å². The fourth-order valence-electron chi connectivity index (χ4n) is 1.62. The monoisotopic (exact) mass is 273 g/mol. The molecule has 6 nitrogen and oxygen atoms in total. The van der Waals surface area contributed by atoms with E-state index in [9.17, 15) is 0 Å². The third-order valence-corrected chi connectivity index (χ3v) is 3.37. The fraction of sp³-hybridized carbons (Fsp3) is 0.167. The molecular weight excluding hydrogens is 262 g/mol. The van der Waals surface area contributed by atoms with Crippen molar-refractivity contribution in [1.29, 1.82) is 0 Å². The number of thiazole rings is 1. The van der Waals surface area contributed by atoms with Crippen LogP contribution in [0.1, 0.15) is 16.4 Å². The van der Waals surface area contributed by atoms with Crippen LogP contribution in [0.15, 0.2) is 34.4 Å². The summed E-state index contributed by atoms with van der Waals surface area (Å²) in [6, 6.07) is 3.85. The van der Waals surface area contributed by atoms with Gasteiger partial charge in [0.15, 0.2) is 5.82 Å². The minimum Gasteiger partial charge on any atom is -0.332 e. The van der Waals surface area contributed by atoms with E-state index in [0.29, 0.717) is 30.4 Å². The van der Waals surface area contributed by atoms with Crippen LogP contribution in [0.5, 0.6) is 0 Å². The molecule has 0 unspecified atom stereocenters. The molecule has 19 heavy (non-hydrogen) atoms. The van der Waals surface area contributed by atoms with Crippen LogP contribution in [0.2, 0.25) is 0 Å². The van der Waals surface area contributed by atoms with Crippen LogP contribution in [0.4, 0.5) is 0 Å². The Morgan fingerprint density at radius 1 is 1.32 bits per heavy atom. The van der Waals surface area contributed by atoms with Crippen molar-refractivity contribution < 1.29 is 4.52 Å². The van der Waals surface area contributed by atoms with Gasteiger partial charge in [-0.25, -0.2) is 4.98 Å². The summed E-state index contributed by atoms with van der Waals surface area (Å²) in [7, 11) is 0. The second-order valence-corrected chi connectivity index (χ2v) is 4.83. The lowest BCUT2D eigenvalue weighted by atomic mass is 10.2. The molecule has 3 aromatic rings. The Bertz CT molecular complexity index is 664. The topological polar surface area (TPSA) is 90.7 Å². The van der Waals surface area contributed by atoms with E-state index in [-0.39, 0.29) is 0 Å². The summed E-state index contributed by atoms with van der Waals surface area (Å²) in [5, 5.41) is 6.66. The third-order valence-electron chi connectivity index (χ3n) is 2.50. The van der Waals surface area contributed by atoms with Gasteiger partial charge < -0.3 is 10.3 Å². The fourth-order valence-corrected chi connectivity index (χ4v) is 2.27. The van der Waals surface area contributed by atoms with Gasteiger partial charge in [-0.15, -0.1) is 11.3 Å². The summed E-state index contributed by atoms with van der Waals surface area (Å²) in [6.07, 6.45) is 4.10. The summed E-state index contributed by atoms with van der Waals surface area (Å²) in [6.45, 7) is 0.418. The molecule has 0 bridgehead atoms. The molecule has 3 rings (SSSR count). The number of pyridine rings is 1. The third kappa shape index (κ3) is 2.67. The van der Waals surface area contributed by atoms with E-state index in [4.69, 9.17) is 10.3 Å². The summed E-state index contributed by atoms with van der Waals surface area (Å²) >= 11 is 1.48. The lowest BCUT2D eigenvalue weighted by Crippen LogP contribution is -1.94. The molecule has 7 heteroatoms. The number of hydrogen-bond donors (Lipinski definition) is 1. The van der Waals surface area contributed by atoms with Crippen molar-refractivity contribution in [2.24, 2.45) is 5.73 Å². The molecular formula is C12H11N5OS. The van der Waals surface area contributed by atoms with Crippen LogP contribution in [0.25, 0.3) is 11.6 Å². The van der Waals surface area contributed by atoms with Crippen molar-refractivity contribution >= 4 is 11.3 Å². The standard InChI is InChI=1S/C12H11N5OS/c13-5-11-15-9(7-19-11)12-16-10(17-18-12)4-8-2-1-3-14-6-8/h1-3,6-7H,4-5,13H2. The Morgan fingerprint density at radius 2 is 2.26 bits per heavy atom. The van der Waals surface area contributed by atoms with Gasteiger partial charge in [-0.2, -0.15) is 4.98 Å². The average molecular weight is 273 g/mol. The van der Waals surface area contributed by atoms with Gasteiger partial charge in [-0.1, -0.05) is 11.2 Å². The van der Waals surface area contributed by atoms with E-state index in [2.05, 4.69) is 20.1 Å². The van der Waals surface area contributed by atoms with Crippen molar-refractivity contribution in [3.05, 3.63) is 46.3 Å². The SMILES string of the molecule is NCc1nc(-c2nc(Cc3cccnc3)no2)cs1. The number of hydrogen-bond acceptors (Lipinski definition) is 7. The predicted octanol–water partition coefficient (Wildman–Crippen LogP) is 1.64. The molecule has 0 aliphatic heterocycles. The Labute approximate surface area is 113 Å². The zero-order chi connectivity index (χ0) is 13.1. The molecule has 3 aromatic heterocycles. The minimum atomic E-state index is 0.418.